The van der Waals surface area contributed by atoms with Crippen molar-refractivity contribution in [2.24, 2.45) is 5.92 Å². The average molecular weight is 300 g/mol. The van der Waals surface area contributed by atoms with Crippen molar-refractivity contribution < 1.29 is 14.7 Å². The number of carboxylic acid groups (broad SMARTS) is 1. The Bertz CT molecular complexity index is 434. The molecule has 17 heavy (non-hydrogen) atoms. The van der Waals surface area contributed by atoms with E-state index in [-0.39, 0.29) is 12.5 Å². The molecule has 0 bridgehead atoms. The number of aliphatic carboxylic acids is 1. The van der Waals surface area contributed by atoms with E-state index in [0.717, 1.165) is 4.47 Å². The molecule has 1 N–H and O–H groups in total. The van der Waals surface area contributed by atoms with Crippen LogP contribution in [0.2, 0.25) is 0 Å². The molecule has 0 heterocycles. The summed E-state index contributed by atoms with van der Waals surface area (Å²) in [5.41, 5.74) is 0.688. The lowest BCUT2D eigenvalue weighted by Crippen LogP contribution is -2.35. The summed E-state index contributed by atoms with van der Waals surface area (Å²) in [6.45, 7) is 3.16. The molecule has 0 radical (unpaired) electrons. The van der Waals surface area contributed by atoms with Crippen LogP contribution < -0.4 is 4.90 Å². The molecule has 1 atom stereocenters. The van der Waals surface area contributed by atoms with E-state index < -0.39 is 11.9 Å². The summed E-state index contributed by atoms with van der Waals surface area (Å²) in [6, 6.07) is 7.24. The van der Waals surface area contributed by atoms with E-state index in [4.69, 9.17) is 5.11 Å². The van der Waals surface area contributed by atoms with Gasteiger partial charge in [-0.15, -0.1) is 0 Å². The Balaban J connectivity index is 2.99. The van der Waals surface area contributed by atoms with E-state index in [0.29, 0.717) is 5.69 Å². The predicted molar refractivity (Wildman–Crippen MR) is 69.0 cm³/mol. The van der Waals surface area contributed by atoms with Crippen molar-refractivity contribution >= 4 is 33.5 Å². The third kappa shape index (κ3) is 3.56. The summed E-state index contributed by atoms with van der Waals surface area (Å²) in [6.07, 6.45) is 0. The maximum absolute atomic E-state index is 11.6. The SMILES string of the molecule is CC(=O)N(CC(C)C(=O)O)c1ccccc1Br. The van der Waals surface area contributed by atoms with Crippen molar-refractivity contribution in [1.82, 2.24) is 0 Å². The van der Waals surface area contributed by atoms with Gasteiger partial charge in [0.1, 0.15) is 0 Å². The third-order valence-corrected chi connectivity index (χ3v) is 3.07. The molecule has 1 rings (SSSR count). The predicted octanol–water partition coefficient (Wildman–Crippen LogP) is 2.52. The normalized spacial score (nSPS) is 11.9. The fraction of sp³-hybridized carbons (Fsp3) is 0.333. The maximum atomic E-state index is 11.6. The van der Waals surface area contributed by atoms with E-state index in [2.05, 4.69) is 15.9 Å². The second-order valence-corrected chi connectivity index (χ2v) is 4.67. The van der Waals surface area contributed by atoms with Crippen LogP contribution in [0.15, 0.2) is 28.7 Å². The van der Waals surface area contributed by atoms with Crippen LogP contribution in [-0.4, -0.2) is 23.5 Å². The number of hydrogen-bond acceptors (Lipinski definition) is 2. The monoisotopic (exact) mass is 299 g/mol. The minimum absolute atomic E-state index is 0.160. The van der Waals surface area contributed by atoms with Crippen LogP contribution in [0.4, 0.5) is 5.69 Å². The molecule has 1 amide bonds. The first-order valence-electron chi connectivity index (χ1n) is 5.19. The number of carboxylic acids is 1. The largest absolute Gasteiger partial charge is 0.481 e. The summed E-state index contributed by atoms with van der Waals surface area (Å²) < 4.78 is 0.771. The summed E-state index contributed by atoms with van der Waals surface area (Å²) >= 11 is 3.35. The highest BCUT2D eigenvalue weighted by molar-refractivity contribution is 9.10. The van der Waals surface area contributed by atoms with Gasteiger partial charge in [0, 0.05) is 17.9 Å². The fourth-order valence-corrected chi connectivity index (χ4v) is 1.92. The van der Waals surface area contributed by atoms with Gasteiger partial charge >= 0.3 is 5.97 Å². The molecule has 0 aromatic heterocycles. The molecule has 1 aromatic carbocycles. The highest BCUT2D eigenvalue weighted by Gasteiger charge is 2.20. The Morgan fingerprint density at radius 3 is 2.47 bits per heavy atom. The number of hydrogen-bond donors (Lipinski definition) is 1. The molecular weight excluding hydrogens is 286 g/mol. The van der Waals surface area contributed by atoms with Gasteiger partial charge in [-0.2, -0.15) is 0 Å². The number of carbonyl (C=O) groups is 2. The Morgan fingerprint density at radius 1 is 1.41 bits per heavy atom. The van der Waals surface area contributed by atoms with Gasteiger partial charge < -0.3 is 10.0 Å². The van der Waals surface area contributed by atoms with Crippen LogP contribution in [0, 0.1) is 5.92 Å². The summed E-state index contributed by atoms with van der Waals surface area (Å²) in [4.78, 5) is 23.9. The zero-order valence-electron chi connectivity index (χ0n) is 9.68. The average Bonchev–Trinajstić information content (AvgIpc) is 2.26. The molecule has 0 aliphatic carbocycles. The Hall–Kier alpha value is -1.36. The lowest BCUT2D eigenvalue weighted by molar-refractivity contribution is -0.140. The number of nitrogens with zero attached hydrogens (tertiary/aromatic N) is 1. The minimum Gasteiger partial charge on any atom is -0.481 e. The van der Waals surface area contributed by atoms with Crippen molar-refractivity contribution in [1.29, 1.82) is 0 Å². The van der Waals surface area contributed by atoms with Gasteiger partial charge in [0.2, 0.25) is 5.91 Å². The number of halogens is 1. The molecule has 0 aliphatic heterocycles. The molecule has 0 aliphatic rings. The number of para-hydroxylation sites is 1. The molecule has 0 spiro atoms. The number of rotatable bonds is 4. The Morgan fingerprint density at radius 2 is 2.00 bits per heavy atom. The first-order valence-corrected chi connectivity index (χ1v) is 5.98. The van der Waals surface area contributed by atoms with Gasteiger partial charge in [0.25, 0.3) is 0 Å². The van der Waals surface area contributed by atoms with Crippen LogP contribution in [0.5, 0.6) is 0 Å². The zero-order valence-corrected chi connectivity index (χ0v) is 11.3. The van der Waals surface area contributed by atoms with Crippen LogP contribution in [0.3, 0.4) is 0 Å². The quantitative estimate of drug-likeness (QED) is 0.929. The van der Waals surface area contributed by atoms with Crippen molar-refractivity contribution in [3.05, 3.63) is 28.7 Å². The summed E-state index contributed by atoms with van der Waals surface area (Å²) in [7, 11) is 0. The number of carbonyl (C=O) groups excluding carboxylic acids is 1. The van der Waals surface area contributed by atoms with Gasteiger partial charge in [0.05, 0.1) is 11.6 Å². The van der Waals surface area contributed by atoms with Gasteiger partial charge in [-0.3, -0.25) is 9.59 Å². The van der Waals surface area contributed by atoms with Gasteiger partial charge in [-0.05, 0) is 28.1 Å². The Labute approximate surface area is 108 Å². The third-order valence-electron chi connectivity index (χ3n) is 2.40. The molecule has 4 nitrogen and oxygen atoms in total. The zero-order chi connectivity index (χ0) is 13.0. The number of benzene rings is 1. The second-order valence-electron chi connectivity index (χ2n) is 3.82. The second kappa shape index (κ2) is 5.82. The number of anilines is 1. The number of amides is 1. The van der Waals surface area contributed by atoms with E-state index in [9.17, 15) is 9.59 Å². The van der Waals surface area contributed by atoms with E-state index in [1.807, 2.05) is 18.2 Å². The molecule has 0 saturated heterocycles. The van der Waals surface area contributed by atoms with Crippen LogP contribution >= 0.6 is 15.9 Å². The van der Waals surface area contributed by atoms with Crippen LogP contribution in [0.25, 0.3) is 0 Å². The van der Waals surface area contributed by atoms with Gasteiger partial charge in [-0.25, -0.2) is 0 Å². The summed E-state index contributed by atoms with van der Waals surface area (Å²) in [5, 5.41) is 8.88. The van der Waals surface area contributed by atoms with E-state index in [1.54, 1.807) is 13.0 Å². The molecule has 0 saturated carbocycles. The highest BCUT2D eigenvalue weighted by Crippen LogP contribution is 2.26. The smallest absolute Gasteiger partial charge is 0.308 e. The molecule has 1 aromatic rings. The van der Waals surface area contributed by atoms with Crippen LogP contribution in [0.1, 0.15) is 13.8 Å². The molecule has 92 valence electrons. The molecule has 0 fully saturated rings. The molecule has 5 heteroatoms. The highest BCUT2D eigenvalue weighted by atomic mass is 79.9. The minimum atomic E-state index is -0.914. The summed E-state index contributed by atoms with van der Waals surface area (Å²) in [5.74, 6) is -1.70. The standard InChI is InChI=1S/C12H14BrNO3/c1-8(12(16)17)7-14(9(2)15)11-6-4-3-5-10(11)13/h3-6,8H,7H2,1-2H3,(H,16,17). The van der Waals surface area contributed by atoms with Crippen LogP contribution in [-0.2, 0) is 9.59 Å². The van der Waals surface area contributed by atoms with Gasteiger partial charge in [-0.1, -0.05) is 19.1 Å². The van der Waals surface area contributed by atoms with E-state index in [1.165, 1.54) is 11.8 Å². The van der Waals surface area contributed by atoms with Gasteiger partial charge in [0.15, 0.2) is 0 Å². The topological polar surface area (TPSA) is 57.6 Å². The first kappa shape index (κ1) is 13.7. The first-order chi connectivity index (χ1) is 7.93. The Kier molecular flexibility index (Phi) is 4.69. The lowest BCUT2D eigenvalue weighted by Gasteiger charge is -2.24. The van der Waals surface area contributed by atoms with Crippen molar-refractivity contribution in [2.75, 3.05) is 11.4 Å². The van der Waals surface area contributed by atoms with Crippen molar-refractivity contribution in [3.63, 3.8) is 0 Å². The maximum Gasteiger partial charge on any atom is 0.308 e. The lowest BCUT2D eigenvalue weighted by atomic mass is 10.1. The van der Waals surface area contributed by atoms with Crippen molar-refractivity contribution in [2.45, 2.75) is 13.8 Å². The molecular formula is C12H14BrNO3. The fourth-order valence-electron chi connectivity index (χ4n) is 1.42. The van der Waals surface area contributed by atoms with E-state index >= 15 is 0 Å². The van der Waals surface area contributed by atoms with Crippen molar-refractivity contribution in [3.8, 4) is 0 Å². The molecule has 1 unspecified atom stereocenters.